The van der Waals surface area contributed by atoms with Crippen molar-refractivity contribution >= 4 is 5.78 Å². The highest BCUT2D eigenvalue weighted by atomic mass is 16.6. The molecule has 0 aliphatic carbocycles. The van der Waals surface area contributed by atoms with Crippen LogP contribution in [-0.2, 0) is 9.53 Å². The van der Waals surface area contributed by atoms with Crippen LogP contribution in [0, 0.1) is 5.92 Å². The van der Waals surface area contributed by atoms with Crippen LogP contribution in [0.5, 0.6) is 0 Å². The smallest absolute Gasteiger partial charge is 0.160 e. The monoisotopic (exact) mass is 220 g/mol. The van der Waals surface area contributed by atoms with Crippen molar-refractivity contribution in [1.29, 1.82) is 0 Å². The highest BCUT2D eigenvalue weighted by Gasteiger charge is 2.43. The molecule has 1 aliphatic heterocycles. The van der Waals surface area contributed by atoms with E-state index in [2.05, 4.69) is 0 Å². The average Bonchev–Trinajstić information content (AvgIpc) is 2.18. The molecule has 0 spiro atoms. The van der Waals surface area contributed by atoms with Crippen molar-refractivity contribution in [1.82, 2.24) is 0 Å². The summed E-state index contributed by atoms with van der Waals surface area (Å²) in [5, 5.41) is 37.3. The summed E-state index contributed by atoms with van der Waals surface area (Å²) in [6.45, 7) is 0.825. The maximum absolute atomic E-state index is 10.9. The Bertz CT molecular complexity index is 231. The van der Waals surface area contributed by atoms with Gasteiger partial charge in [0.25, 0.3) is 0 Å². The Kier molecular flexibility index (Phi) is 4.18. The van der Waals surface area contributed by atoms with Gasteiger partial charge in [0.2, 0.25) is 0 Å². The lowest BCUT2D eigenvalue weighted by Crippen LogP contribution is -2.55. The second kappa shape index (κ2) is 5.00. The second-order valence-corrected chi connectivity index (χ2v) is 3.80. The third-order valence-corrected chi connectivity index (χ3v) is 2.55. The first-order chi connectivity index (χ1) is 6.97. The Hall–Kier alpha value is -0.530. The minimum Gasteiger partial charge on any atom is -0.394 e. The number of carbonyl (C=O) groups excluding carboxylic acids is 1. The number of ether oxygens (including phenoxy) is 1. The van der Waals surface area contributed by atoms with Crippen molar-refractivity contribution in [3.63, 3.8) is 0 Å². The quantitative estimate of drug-likeness (QED) is 0.439. The maximum atomic E-state index is 10.9. The maximum Gasteiger partial charge on any atom is 0.160 e. The Morgan fingerprint density at radius 2 is 1.87 bits per heavy atom. The van der Waals surface area contributed by atoms with Crippen molar-refractivity contribution in [3.05, 3.63) is 0 Å². The zero-order valence-corrected chi connectivity index (χ0v) is 8.41. The lowest BCUT2D eigenvalue weighted by atomic mass is 9.87. The Balaban J connectivity index is 2.70. The Labute approximate surface area is 87.1 Å². The molecule has 1 aliphatic rings. The number of Topliss-reactive ketones (excluding diaryl/α,β-unsaturated/α-hetero) is 1. The molecule has 0 radical (unpaired) electrons. The fourth-order valence-corrected chi connectivity index (χ4v) is 1.71. The first kappa shape index (κ1) is 12.5. The topological polar surface area (TPSA) is 107 Å². The summed E-state index contributed by atoms with van der Waals surface area (Å²) in [6, 6.07) is 0. The first-order valence-electron chi connectivity index (χ1n) is 4.77. The molecule has 5 atom stereocenters. The predicted octanol–water partition coefficient (Wildman–Crippen LogP) is -1.99. The fourth-order valence-electron chi connectivity index (χ4n) is 1.71. The highest BCUT2D eigenvalue weighted by molar-refractivity contribution is 5.75. The summed E-state index contributed by atoms with van der Waals surface area (Å²) in [5.74, 6) is -1.06. The van der Waals surface area contributed by atoms with E-state index in [9.17, 15) is 20.1 Å². The van der Waals surface area contributed by atoms with Gasteiger partial charge in [-0.15, -0.1) is 0 Å². The van der Waals surface area contributed by atoms with Crippen LogP contribution in [0.4, 0.5) is 0 Å². The molecule has 0 aromatic rings. The van der Waals surface area contributed by atoms with Gasteiger partial charge in [0.05, 0.1) is 12.7 Å². The van der Waals surface area contributed by atoms with Crippen molar-refractivity contribution in [2.75, 3.05) is 6.61 Å². The van der Waals surface area contributed by atoms with Crippen LogP contribution < -0.4 is 0 Å². The van der Waals surface area contributed by atoms with E-state index in [-0.39, 0.29) is 12.2 Å². The van der Waals surface area contributed by atoms with E-state index in [0.717, 1.165) is 0 Å². The van der Waals surface area contributed by atoms with Gasteiger partial charge < -0.3 is 30.0 Å². The standard InChI is InChI=1S/C9H16O6/c1-4(11)2-5-7(12)8(13)6(3-10)15-9(5)14/h5-10,12-14H,2-3H2,1H3/t5-,6+,7+,8+,9-/m1/s1. The van der Waals surface area contributed by atoms with Gasteiger partial charge in [-0.05, 0) is 6.92 Å². The molecule has 0 aromatic carbocycles. The number of rotatable bonds is 3. The summed E-state index contributed by atoms with van der Waals surface area (Å²) >= 11 is 0. The van der Waals surface area contributed by atoms with Gasteiger partial charge in [-0.1, -0.05) is 0 Å². The summed E-state index contributed by atoms with van der Waals surface area (Å²) in [6.07, 6.45) is -4.99. The third-order valence-electron chi connectivity index (χ3n) is 2.55. The summed E-state index contributed by atoms with van der Waals surface area (Å²) in [5.41, 5.74) is 0. The van der Waals surface area contributed by atoms with Gasteiger partial charge in [-0.3, -0.25) is 0 Å². The summed E-state index contributed by atoms with van der Waals surface area (Å²) in [4.78, 5) is 10.9. The number of hydrogen-bond donors (Lipinski definition) is 4. The van der Waals surface area contributed by atoms with E-state index < -0.39 is 37.1 Å². The highest BCUT2D eigenvalue weighted by Crippen LogP contribution is 2.27. The first-order valence-corrected chi connectivity index (χ1v) is 4.77. The van der Waals surface area contributed by atoms with Crippen molar-refractivity contribution < 1.29 is 30.0 Å². The van der Waals surface area contributed by atoms with E-state index in [1.165, 1.54) is 6.92 Å². The Morgan fingerprint density at radius 3 is 2.33 bits per heavy atom. The number of aliphatic hydroxyl groups is 4. The predicted molar refractivity (Wildman–Crippen MR) is 48.8 cm³/mol. The van der Waals surface area contributed by atoms with Crippen LogP contribution in [-0.4, -0.2) is 57.4 Å². The van der Waals surface area contributed by atoms with E-state index in [1.54, 1.807) is 0 Å². The Morgan fingerprint density at radius 1 is 1.27 bits per heavy atom. The molecule has 1 heterocycles. The summed E-state index contributed by atoms with van der Waals surface area (Å²) in [7, 11) is 0. The third kappa shape index (κ3) is 2.73. The lowest BCUT2D eigenvalue weighted by molar-refractivity contribution is -0.269. The van der Waals surface area contributed by atoms with E-state index >= 15 is 0 Å². The molecule has 4 N–H and O–H groups in total. The van der Waals surface area contributed by atoms with Gasteiger partial charge in [-0.25, -0.2) is 0 Å². The molecule has 88 valence electrons. The van der Waals surface area contributed by atoms with Crippen molar-refractivity contribution in [2.24, 2.45) is 5.92 Å². The van der Waals surface area contributed by atoms with E-state index in [1.807, 2.05) is 0 Å². The van der Waals surface area contributed by atoms with Crippen LogP contribution >= 0.6 is 0 Å². The SMILES string of the molecule is CC(=O)C[C@@H]1[C@H](O)[C@@H](O)[C@H](CO)O[C@H]1O. The van der Waals surface area contributed by atoms with Crippen LogP contribution in [0.1, 0.15) is 13.3 Å². The largest absolute Gasteiger partial charge is 0.394 e. The molecule has 0 saturated carbocycles. The molecule has 0 bridgehead atoms. The summed E-state index contributed by atoms with van der Waals surface area (Å²) < 4.78 is 4.87. The van der Waals surface area contributed by atoms with Crippen molar-refractivity contribution in [2.45, 2.75) is 37.9 Å². The molecular weight excluding hydrogens is 204 g/mol. The van der Waals surface area contributed by atoms with Gasteiger partial charge >= 0.3 is 0 Å². The molecule has 6 nitrogen and oxygen atoms in total. The fraction of sp³-hybridized carbons (Fsp3) is 0.889. The van der Waals surface area contributed by atoms with Gasteiger partial charge in [0.1, 0.15) is 18.0 Å². The molecule has 1 saturated heterocycles. The van der Waals surface area contributed by atoms with Crippen LogP contribution in [0.25, 0.3) is 0 Å². The minimum absolute atomic E-state index is 0.0719. The zero-order chi connectivity index (χ0) is 11.6. The van der Waals surface area contributed by atoms with Gasteiger partial charge in [-0.2, -0.15) is 0 Å². The molecule has 1 rings (SSSR count). The molecule has 0 amide bonds. The zero-order valence-electron chi connectivity index (χ0n) is 8.41. The molecule has 15 heavy (non-hydrogen) atoms. The average molecular weight is 220 g/mol. The van der Waals surface area contributed by atoms with Gasteiger partial charge in [0, 0.05) is 12.3 Å². The molecule has 1 fully saturated rings. The van der Waals surface area contributed by atoms with Crippen molar-refractivity contribution in [3.8, 4) is 0 Å². The molecule has 0 aromatic heterocycles. The number of hydrogen-bond acceptors (Lipinski definition) is 6. The van der Waals surface area contributed by atoms with Crippen LogP contribution in [0.15, 0.2) is 0 Å². The van der Waals surface area contributed by atoms with Crippen LogP contribution in [0.3, 0.4) is 0 Å². The second-order valence-electron chi connectivity index (χ2n) is 3.80. The number of ketones is 1. The number of aliphatic hydroxyl groups excluding tert-OH is 4. The van der Waals surface area contributed by atoms with Gasteiger partial charge in [0.15, 0.2) is 6.29 Å². The van der Waals surface area contributed by atoms with Crippen LogP contribution in [0.2, 0.25) is 0 Å². The number of carbonyl (C=O) groups is 1. The molecule has 0 unspecified atom stereocenters. The molecule has 6 heteroatoms. The van der Waals surface area contributed by atoms with E-state index in [4.69, 9.17) is 9.84 Å². The normalized spacial score (nSPS) is 41.5. The minimum atomic E-state index is -1.34. The van der Waals surface area contributed by atoms with E-state index in [0.29, 0.717) is 0 Å². The molecular formula is C9H16O6. The lowest BCUT2D eigenvalue weighted by Gasteiger charge is -2.39.